The molecule has 0 aliphatic carbocycles. The Balaban J connectivity index is 2.76. The van der Waals surface area contributed by atoms with Crippen molar-refractivity contribution in [3.05, 3.63) is 41.5 Å². The molecular formula is C12H11F3O2. The van der Waals surface area contributed by atoms with Gasteiger partial charge in [0.1, 0.15) is 0 Å². The Morgan fingerprint density at radius 1 is 1.41 bits per heavy atom. The van der Waals surface area contributed by atoms with E-state index in [9.17, 15) is 18.0 Å². The molecule has 17 heavy (non-hydrogen) atoms. The minimum atomic E-state index is -4.21. The van der Waals surface area contributed by atoms with E-state index in [1.54, 1.807) is 12.1 Å². The lowest BCUT2D eigenvalue weighted by Crippen LogP contribution is -2.04. The van der Waals surface area contributed by atoms with Crippen molar-refractivity contribution < 1.29 is 22.7 Å². The number of rotatable bonds is 3. The molecule has 0 aliphatic rings. The van der Waals surface area contributed by atoms with Gasteiger partial charge < -0.3 is 4.74 Å². The summed E-state index contributed by atoms with van der Waals surface area (Å²) in [7, 11) is 1.24. The molecule has 0 radical (unpaired) electrons. The van der Waals surface area contributed by atoms with Crippen LogP contribution in [0, 0.1) is 0 Å². The molecule has 0 amide bonds. The molecule has 0 saturated carbocycles. The lowest BCUT2D eigenvalue weighted by Gasteiger charge is -2.02. The molecule has 1 aromatic carbocycles. The second kappa shape index (κ2) is 5.52. The summed E-state index contributed by atoms with van der Waals surface area (Å²) in [5.41, 5.74) is 0.832. The number of hydrogen-bond donors (Lipinski definition) is 0. The van der Waals surface area contributed by atoms with Crippen molar-refractivity contribution in [3.8, 4) is 0 Å². The number of benzene rings is 1. The van der Waals surface area contributed by atoms with Crippen molar-refractivity contribution in [2.75, 3.05) is 7.11 Å². The normalized spacial score (nSPS) is 11.8. The quantitative estimate of drug-likeness (QED) is 0.761. The zero-order valence-corrected chi connectivity index (χ0v) is 9.12. The molecule has 2 nitrogen and oxygen atoms in total. The smallest absolute Gasteiger partial charge is 0.392 e. The highest BCUT2D eigenvalue weighted by Gasteiger charge is 2.24. The van der Waals surface area contributed by atoms with Gasteiger partial charge in [-0.25, -0.2) is 4.79 Å². The van der Waals surface area contributed by atoms with Crippen LogP contribution < -0.4 is 0 Å². The van der Waals surface area contributed by atoms with Gasteiger partial charge in [-0.05, 0) is 17.7 Å². The van der Waals surface area contributed by atoms with E-state index in [1.165, 1.54) is 25.3 Å². The minimum Gasteiger partial charge on any atom is -0.465 e. The first-order valence-corrected chi connectivity index (χ1v) is 4.84. The summed E-state index contributed by atoms with van der Waals surface area (Å²) >= 11 is 0. The molecule has 0 aromatic heterocycles. The van der Waals surface area contributed by atoms with E-state index in [2.05, 4.69) is 4.74 Å². The monoisotopic (exact) mass is 244 g/mol. The summed E-state index contributed by atoms with van der Waals surface area (Å²) in [5, 5.41) is 0. The van der Waals surface area contributed by atoms with Gasteiger partial charge in [0.15, 0.2) is 0 Å². The van der Waals surface area contributed by atoms with Gasteiger partial charge in [-0.3, -0.25) is 0 Å². The first kappa shape index (κ1) is 13.3. The molecule has 0 heterocycles. The van der Waals surface area contributed by atoms with Crippen molar-refractivity contribution in [3.63, 3.8) is 0 Å². The van der Waals surface area contributed by atoms with Crippen LogP contribution in [-0.2, 0) is 4.74 Å². The van der Waals surface area contributed by atoms with E-state index >= 15 is 0 Å². The zero-order valence-electron chi connectivity index (χ0n) is 9.12. The molecule has 92 valence electrons. The molecule has 0 fully saturated rings. The fraction of sp³-hybridized carbons (Fsp3) is 0.250. The third-order valence-electron chi connectivity index (χ3n) is 1.97. The summed E-state index contributed by atoms with van der Waals surface area (Å²) in [6.07, 6.45) is -2.87. The summed E-state index contributed by atoms with van der Waals surface area (Å²) in [6, 6.07) is 6.20. The zero-order chi connectivity index (χ0) is 12.9. The highest BCUT2D eigenvalue weighted by molar-refractivity contribution is 5.89. The van der Waals surface area contributed by atoms with Gasteiger partial charge in [-0.1, -0.05) is 24.3 Å². The molecular weight excluding hydrogens is 233 g/mol. The number of esters is 1. The largest absolute Gasteiger partial charge is 0.465 e. The predicted octanol–water partition coefficient (Wildman–Crippen LogP) is 3.44. The second-order valence-corrected chi connectivity index (χ2v) is 3.34. The van der Waals surface area contributed by atoms with Crippen molar-refractivity contribution in [1.82, 2.24) is 0 Å². The summed E-state index contributed by atoms with van der Waals surface area (Å²) < 4.78 is 40.2. The van der Waals surface area contributed by atoms with E-state index < -0.39 is 18.6 Å². The Morgan fingerprint density at radius 2 is 2.12 bits per heavy atom. The van der Waals surface area contributed by atoms with Crippen LogP contribution in [0.4, 0.5) is 13.2 Å². The van der Waals surface area contributed by atoms with Crippen LogP contribution in [0.25, 0.3) is 6.08 Å². The standard InChI is InChI=1S/C12H11F3O2/c1-17-11(16)10-6-2-4-9(8-10)5-3-7-12(13,14)15/h2-6,8H,7H2,1H3. The van der Waals surface area contributed by atoms with Gasteiger partial charge in [-0.2, -0.15) is 13.2 Å². The second-order valence-electron chi connectivity index (χ2n) is 3.34. The van der Waals surface area contributed by atoms with Gasteiger partial charge in [-0.15, -0.1) is 0 Å². The number of halogens is 3. The van der Waals surface area contributed by atoms with Crippen LogP contribution in [0.3, 0.4) is 0 Å². The van der Waals surface area contributed by atoms with Crippen LogP contribution >= 0.6 is 0 Å². The lowest BCUT2D eigenvalue weighted by molar-refractivity contribution is -0.124. The number of allylic oxidation sites excluding steroid dienone is 1. The predicted molar refractivity (Wildman–Crippen MR) is 57.5 cm³/mol. The number of carbonyl (C=O) groups excluding carboxylic acids is 1. The molecule has 1 rings (SSSR count). The summed E-state index contributed by atoms with van der Waals surface area (Å²) in [4.78, 5) is 11.2. The van der Waals surface area contributed by atoms with E-state index in [4.69, 9.17) is 0 Å². The van der Waals surface area contributed by atoms with Gasteiger partial charge in [0.05, 0.1) is 19.1 Å². The van der Waals surface area contributed by atoms with Gasteiger partial charge in [0.25, 0.3) is 0 Å². The molecule has 1 aromatic rings. The van der Waals surface area contributed by atoms with Crippen molar-refractivity contribution in [1.29, 1.82) is 0 Å². The maximum atomic E-state index is 11.9. The third-order valence-corrected chi connectivity index (χ3v) is 1.97. The van der Waals surface area contributed by atoms with Crippen LogP contribution in [0.1, 0.15) is 22.3 Å². The number of carbonyl (C=O) groups is 1. The topological polar surface area (TPSA) is 26.3 Å². The average Bonchev–Trinajstić information content (AvgIpc) is 2.27. The first-order valence-electron chi connectivity index (χ1n) is 4.84. The Hall–Kier alpha value is -1.78. The lowest BCUT2D eigenvalue weighted by atomic mass is 10.1. The Bertz CT molecular complexity index is 422. The van der Waals surface area contributed by atoms with Crippen molar-refractivity contribution in [2.45, 2.75) is 12.6 Å². The minimum absolute atomic E-state index is 0.307. The van der Waals surface area contributed by atoms with Crippen molar-refractivity contribution >= 4 is 12.0 Å². The van der Waals surface area contributed by atoms with E-state index in [0.717, 1.165) is 6.08 Å². The maximum absolute atomic E-state index is 11.9. The van der Waals surface area contributed by atoms with Gasteiger partial charge >= 0.3 is 12.1 Å². The molecule has 0 N–H and O–H groups in total. The summed E-state index contributed by atoms with van der Waals surface area (Å²) in [5.74, 6) is -0.518. The number of hydrogen-bond acceptors (Lipinski definition) is 2. The van der Waals surface area contributed by atoms with E-state index in [-0.39, 0.29) is 0 Å². The SMILES string of the molecule is COC(=O)c1cccc(C=CCC(F)(F)F)c1. The van der Waals surface area contributed by atoms with Crippen LogP contribution in [0.5, 0.6) is 0 Å². The molecule has 0 atom stereocenters. The van der Waals surface area contributed by atoms with Crippen LogP contribution in [0.15, 0.2) is 30.3 Å². The van der Waals surface area contributed by atoms with Gasteiger partial charge in [0, 0.05) is 0 Å². The molecule has 0 saturated heterocycles. The summed E-state index contributed by atoms with van der Waals surface area (Å²) in [6.45, 7) is 0. The molecule has 5 heteroatoms. The average molecular weight is 244 g/mol. The first-order chi connectivity index (χ1) is 7.92. The Kier molecular flexibility index (Phi) is 4.31. The van der Waals surface area contributed by atoms with E-state index in [1.807, 2.05) is 0 Å². The molecule has 0 bridgehead atoms. The van der Waals surface area contributed by atoms with E-state index in [0.29, 0.717) is 11.1 Å². The number of methoxy groups -OCH3 is 1. The third kappa shape index (κ3) is 4.72. The fourth-order valence-electron chi connectivity index (χ4n) is 1.22. The molecule has 0 aliphatic heterocycles. The fourth-order valence-corrected chi connectivity index (χ4v) is 1.22. The van der Waals surface area contributed by atoms with Crippen molar-refractivity contribution in [2.24, 2.45) is 0 Å². The highest BCUT2D eigenvalue weighted by Crippen LogP contribution is 2.20. The maximum Gasteiger partial charge on any atom is 0.392 e. The number of alkyl halides is 3. The van der Waals surface area contributed by atoms with Gasteiger partial charge in [0.2, 0.25) is 0 Å². The Morgan fingerprint density at radius 3 is 2.71 bits per heavy atom. The highest BCUT2D eigenvalue weighted by atomic mass is 19.4. The molecule has 0 unspecified atom stereocenters. The Labute approximate surface area is 96.7 Å². The number of ether oxygens (including phenoxy) is 1. The van der Waals surface area contributed by atoms with Crippen LogP contribution in [-0.4, -0.2) is 19.3 Å². The molecule has 0 spiro atoms. The van der Waals surface area contributed by atoms with Crippen LogP contribution in [0.2, 0.25) is 0 Å².